The fourth-order valence-electron chi connectivity index (χ4n) is 5.14. The Labute approximate surface area is 239 Å². The number of fused-ring (bicyclic) bond motifs is 1. The Bertz CT molecular complexity index is 1650. The summed E-state index contributed by atoms with van der Waals surface area (Å²) in [4.78, 5) is 13.4. The Hall–Kier alpha value is -3.12. The first-order valence-electron chi connectivity index (χ1n) is 12.9. The molecule has 2 aliphatic heterocycles. The van der Waals surface area contributed by atoms with Crippen molar-refractivity contribution in [3.8, 4) is 5.75 Å². The summed E-state index contributed by atoms with van der Waals surface area (Å²) in [6.45, 7) is 2.53. The van der Waals surface area contributed by atoms with Crippen molar-refractivity contribution >= 4 is 48.9 Å². The molecule has 9 nitrogen and oxygen atoms in total. The molecule has 1 saturated heterocycles. The van der Waals surface area contributed by atoms with Crippen molar-refractivity contribution < 1.29 is 26.4 Å². The maximum atomic E-state index is 13.3. The minimum Gasteiger partial charge on any atom is -0.495 e. The number of carbonyl (C=O) groups excluding carboxylic acids is 1. The molecule has 2 aliphatic rings. The van der Waals surface area contributed by atoms with Crippen LogP contribution in [0.15, 0.2) is 70.5 Å². The van der Waals surface area contributed by atoms with Crippen LogP contribution in [-0.2, 0) is 31.3 Å². The van der Waals surface area contributed by atoms with E-state index < -0.39 is 20.0 Å². The zero-order valence-corrected chi connectivity index (χ0v) is 24.5. The van der Waals surface area contributed by atoms with E-state index in [1.807, 2.05) is 13.0 Å². The van der Waals surface area contributed by atoms with E-state index in [1.54, 1.807) is 30.3 Å². The summed E-state index contributed by atoms with van der Waals surface area (Å²) in [6, 6.07) is 16.3. The summed E-state index contributed by atoms with van der Waals surface area (Å²) in [5.41, 5.74) is 2.70. The molecule has 2 heterocycles. The lowest BCUT2D eigenvalue weighted by Crippen LogP contribution is -2.41. The number of hydrogen-bond acceptors (Lipinski definition) is 6. The highest BCUT2D eigenvalue weighted by atomic mass is 35.5. The number of ether oxygens (including phenoxy) is 1. The molecular formula is C28H30ClN3O6S2. The van der Waals surface area contributed by atoms with Crippen LogP contribution < -0.4 is 14.4 Å². The van der Waals surface area contributed by atoms with Crippen molar-refractivity contribution in [2.24, 2.45) is 5.92 Å². The number of sulfonamides is 2. The van der Waals surface area contributed by atoms with E-state index in [4.69, 9.17) is 16.3 Å². The van der Waals surface area contributed by atoms with Gasteiger partial charge in [0.2, 0.25) is 15.9 Å². The number of amides is 1. The maximum Gasteiger partial charge on any atom is 0.264 e. The number of aryl methyl sites for hydroxylation is 1. The number of carbonyl (C=O) groups is 1. The van der Waals surface area contributed by atoms with Gasteiger partial charge in [0.15, 0.2) is 0 Å². The second kappa shape index (κ2) is 11.0. The van der Waals surface area contributed by atoms with Crippen LogP contribution in [0.1, 0.15) is 24.0 Å². The van der Waals surface area contributed by atoms with Gasteiger partial charge in [-0.05, 0) is 85.8 Å². The lowest BCUT2D eigenvalue weighted by atomic mass is 9.97. The smallest absolute Gasteiger partial charge is 0.264 e. The number of piperidine rings is 1. The number of nitrogens with zero attached hydrogens (tertiary/aromatic N) is 2. The predicted molar refractivity (Wildman–Crippen MR) is 154 cm³/mol. The van der Waals surface area contributed by atoms with Crippen molar-refractivity contribution in [3.05, 3.63) is 76.8 Å². The Morgan fingerprint density at radius 2 is 1.62 bits per heavy atom. The number of anilines is 2. The molecule has 0 bridgehead atoms. The molecule has 1 N–H and O–H groups in total. The van der Waals surface area contributed by atoms with Gasteiger partial charge in [-0.2, -0.15) is 4.31 Å². The van der Waals surface area contributed by atoms with Crippen LogP contribution >= 0.6 is 11.6 Å². The molecule has 40 heavy (non-hydrogen) atoms. The molecule has 12 heteroatoms. The first-order valence-corrected chi connectivity index (χ1v) is 16.1. The van der Waals surface area contributed by atoms with Crippen LogP contribution in [0.5, 0.6) is 5.75 Å². The van der Waals surface area contributed by atoms with Gasteiger partial charge < -0.3 is 10.1 Å². The van der Waals surface area contributed by atoms with Crippen molar-refractivity contribution in [3.63, 3.8) is 0 Å². The molecule has 3 aromatic carbocycles. The third-order valence-electron chi connectivity index (χ3n) is 7.37. The normalized spacial score (nSPS) is 16.5. The van der Waals surface area contributed by atoms with E-state index >= 15 is 0 Å². The molecule has 3 aromatic rings. The third-order valence-corrected chi connectivity index (χ3v) is 11.4. The summed E-state index contributed by atoms with van der Waals surface area (Å²) in [6.07, 6.45) is 1.29. The highest BCUT2D eigenvalue weighted by Crippen LogP contribution is 2.36. The maximum absolute atomic E-state index is 13.3. The van der Waals surface area contributed by atoms with Crippen LogP contribution in [0.3, 0.4) is 0 Å². The Morgan fingerprint density at radius 3 is 2.30 bits per heavy atom. The fraction of sp³-hybridized carbons (Fsp3) is 0.321. The summed E-state index contributed by atoms with van der Waals surface area (Å²) in [5.74, 6) is -0.322. The lowest BCUT2D eigenvalue weighted by Gasteiger charge is -2.31. The fourth-order valence-corrected chi connectivity index (χ4v) is 8.47. The number of hydrogen-bond donors (Lipinski definition) is 1. The van der Waals surface area contributed by atoms with Crippen LogP contribution in [0, 0.1) is 12.8 Å². The number of methoxy groups -OCH3 is 1. The molecule has 0 aliphatic carbocycles. The quantitative estimate of drug-likeness (QED) is 0.427. The van der Waals surface area contributed by atoms with E-state index in [9.17, 15) is 21.6 Å². The Kier molecular flexibility index (Phi) is 7.84. The van der Waals surface area contributed by atoms with Gasteiger partial charge in [0.1, 0.15) is 10.6 Å². The van der Waals surface area contributed by atoms with Crippen molar-refractivity contribution in [1.82, 2.24) is 4.31 Å². The molecule has 212 valence electrons. The first-order chi connectivity index (χ1) is 19.0. The van der Waals surface area contributed by atoms with E-state index in [2.05, 4.69) is 5.32 Å². The number of benzene rings is 3. The Morgan fingerprint density at radius 1 is 0.925 bits per heavy atom. The monoisotopic (exact) mass is 603 g/mol. The molecular weight excluding hydrogens is 574 g/mol. The topological polar surface area (TPSA) is 113 Å². The number of rotatable bonds is 7. The highest BCUT2D eigenvalue weighted by molar-refractivity contribution is 7.92. The molecule has 0 atom stereocenters. The SMILES string of the molecule is COc1ccc(C)cc1S(=O)(=O)N1CCC(C(=O)Nc2ccc3c(c2)N(S(=O)(=O)c2ccc(Cl)cc2)CC3)CC1. The van der Waals surface area contributed by atoms with Crippen LogP contribution in [0.4, 0.5) is 11.4 Å². The standard InChI is InChI=1S/C28H30ClN3O6S2/c1-19-3-10-26(38-2)27(17-19)40(36,37)31-14-11-21(12-15-31)28(33)30-23-7-4-20-13-16-32(25(20)18-23)39(34,35)24-8-5-22(29)6-9-24/h3-10,17-18,21H,11-16H2,1-2H3,(H,30,33). The lowest BCUT2D eigenvalue weighted by molar-refractivity contribution is -0.120. The van der Waals surface area contributed by atoms with Crippen LogP contribution in [-0.4, -0.2) is 53.8 Å². The molecule has 1 amide bonds. The van der Waals surface area contributed by atoms with Gasteiger partial charge in [-0.3, -0.25) is 9.10 Å². The van der Waals surface area contributed by atoms with Gasteiger partial charge in [-0.1, -0.05) is 23.7 Å². The average Bonchev–Trinajstić information content (AvgIpc) is 3.37. The first kappa shape index (κ1) is 28.4. The van der Waals surface area contributed by atoms with Crippen LogP contribution in [0.2, 0.25) is 5.02 Å². The molecule has 0 saturated carbocycles. The van der Waals surface area contributed by atoms with E-state index in [0.717, 1.165) is 11.1 Å². The summed E-state index contributed by atoms with van der Waals surface area (Å²) in [5, 5.41) is 3.35. The summed E-state index contributed by atoms with van der Waals surface area (Å²) >= 11 is 5.93. The summed E-state index contributed by atoms with van der Waals surface area (Å²) < 4.78 is 61.2. The van der Waals surface area contributed by atoms with E-state index in [1.165, 1.54) is 40.0 Å². The van der Waals surface area contributed by atoms with Crippen molar-refractivity contribution in [1.29, 1.82) is 0 Å². The van der Waals surface area contributed by atoms with Gasteiger partial charge in [0, 0.05) is 36.3 Å². The van der Waals surface area contributed by atoms with E-state index in [-0.39, 0.29) is 40.5 Å². The van der Waals surface area contributed by atoms with Gasteiger partial charge in [-0.25, -0.2) is 16.8 Å². The number of halogens is 1. The zero-order chi connectivity index (χ0) is 28.7. The van der Waals surface area contributed by atoms with Gasteiger partial charge in [0.25, 0.3) is 10.0 Å². The largest absolute Gasteiger partial charge is 0.495 e. The van der Waals surface area contributed by atoms with Crippen LogP contribution in [0.25, 0.3) is 0 Å². The third kappa shape index (κ3) is 5.43. The van der Waals surface area contributed by atoms with Gasteiger partial charge >= 0.3 is 0 Å². The molecule has 5 rings (SSSR count). The molecule has 0 unspecified atom stereocenters. The highest BCUT2D eigenvalue weighted by Gasteiger charge is 2.35. The van der Waals surface area contributed by atoms with Crippen molar-refractivity contribution in [2.45, 2.75) is 36.0 Å². The van der Waals surface area contributed by atoms with Crippen molar-refractivity contribution in [2.75, 3.05) is 36.4 Å². The molecule has 0 radical (unpaired) electrons. The average molecular weight is 604 g/mol. The number of nitrogens with one attached hydrogen (secondary N) is 1. The zero-order valence-electron chi connectivity index (χ0n) is 22.1. The Balaban J connectivity index is 1.27. The molecule has 0 spiro atoms. The van der Waals surface area contributed by atoms with Gasteiger partial charge in [0.05, 0.1) is 17.7 Å². The predicted octanol–water partition coefficient (Wildman–Crippen LogP) is 4.45. The second-order valence-corrected chi connectivity index (χ2v) is 14.2. The van der Waals surface area contributed by atoms with Gasteiger partial charge in [-0.15, -0.1) is 0 Å². The molecule has 0 aromatic heterocycles. The second-order valence-electron chi connectivity index (χ2n) is 9.95. The minimum absolute atomic E-state index is 0.120. The van der Waals surface area contributed by atoms with E-state index in [0.29, 0.717) is 42.2 Å². The summed E-state index contributed by atoms with van der Waals surface area (Å²) in [7, 11) is -6.14. The molecule has 1 fully saturated rings. The minimum atomic E-state index is -3.79.